The van der Waals surface area contributed by atoms with Crippen LogP contribution in [0.15, 0.2) is 46.9 Å². The van der Waals surface area contributed by atoms with E-state index in [2.05, 4.69) is 21.2 Å². The second-order valence-corrected chi connectivity index (χ2v) is 5.42. The number of rotatable bonds is 6. The molecule has 5 heteroatoms. The van der Waals surface area contributed by atoms with Crippen LogP contribution < -0.4 is 15.8 Å². The number of halogens is 2. The van der Waals surface area contributed by atoms with Gasteiger partial charge in [0.1, 0.15) is 11.6 Å². The topological polar surface area (TPSA) is 47.3 Å². The van der Waals surface area contributed by atoms with E-state index >= 15 is 0 Å². The van der Waals surface area contributed by atoms with Crippen molar-refractivity contribution in [2.24, 2.45) is 5.73 Å². The predicted molar refractivity (Wildman–Crippen MR) is 87.1 cm³/mol. The minimum absolute atomic E-state index is 0.0435. The van der Waals surface area contributed by atoms with Crippen LogP contribution in [0, 0.1) is 5.82 Å². The first-order valence-corrected chi connectivity index (χ1v) is 7.57. The van der Waals surface area contributed by atoms with Gasteiger partial charge in [0.05, 0.1) is 17.1 Å². The lowest BCUT2D eigenvalue weighted by molar-refractivity contribution is 0.340. The number of nitrogens with two attached hydrogens (primary N) is 1. The zero-order valence-corrected chi connectivity index (χ0v) is 13.4. The largest absolute Gasteiger partial charge is 0.494 e. The fourth-order valence-corrected chi connectivity index (χ4v) is 2.41. The van der Waals surface area contributed by atoms with Crippen LogP contribution in [0.5, 0.6) is 5.75 Å². The molecule has 1 unspecified atom stereocenters. The molecule has 0 aliphatic carbocycles. The van der Waals surface area contributed by atoms with Crippen molar-refractivity contribution in [2.75, 3.05) is 18.5 Å². The third-order valence-corrected chi connectivity index (χ3v) is 3.70. The maximum absolute atomic E-state index is 13.2. The highest BCUT2D eigenvalue weighted by molar-refractivity contribution is 9.10. The van der Waals surface area contributed by atoms with Gasteiger partial charge in [-0.15, -0.1) is 0 Å². The first-order chi connectivity index (χ1) is 10.1. The molecule has 0 fully saturated rings. The molecule has 0 radical (unpaired) electrons. The van der Waals surface area contributed by atoms with Crippen molar-refractivity contribution < 1.29 is 9.13 Å². The van der Waals surface area contributed by atoms with E-state index in [0.717, 1.165) is 17.0 Å². The summed E-state index contributed by atoms with van der Waals surface area (Å²) >= 11 is 3.18. The van der Waals surface area contributed by atoms with Crippen LogP contribution in [-0.4, -0.2) is 13.2 Å². The Labute approximate surface area is 132 Å². The average molecular weight is 353 g/mol. The van der Waals surface area contributed by atoms with Crippen LogP contribution >= 0.6 is 15.9 Å². The molecule has 3 nitrogen and oxygen atoms in total. The normalized spacial score (nSPS) is 12.0. The second-order valence-electron chi connectivity index (χ2n) is 4.56. The molecule has 0 amide bonds. The van der Waals surface area contributed by atoms with Gasteiger partial charge in [-0.25, -0.2) is 4.39 Å². The number of anilines is 1. The number of benzene rings is 2. The van der Waals surface area contributed by atoms with Gasteiger partial charge in [0.2, 0.25) is 0 Å². The number of ether oxygens (including phenoxy) is 1. The third-order valence-electron chi connectivity index (χ3n) is 3.09. The highest BCUT2D eigenvalue weighted by Crippen LogP contribution is 2.25. The summed E-state index contributed by atoms with van der Waals surface area (Å²) in [5.41, 5.74) is 7.71. The summed E-state index contributed by atoms with van der Waals surface area (Å²) in [5.74, 6) is 0.549. The quantitative estimate of drug-likeness (QED) is 0.822. The minimum atomic E-state index is -0.286. The van der Waals surface area contributed by atoms with E-state index in [1.165, 1.54) is 6.07 Å². The first kappa shape index (κ1) is 15.8. The summed E-state index contributed by atoms with van der Waals surface area (Å²) in [6.45, 7) is 3.02. The van der Waals surface area contributed by atoms with E-state index in [-0.39, 0.29) is 11.9 Å². The zero-order valence-electron chi connectivity index (χ0n) is 11.8. The average Bonchev–Trinajstić information content (AvgIpc) is 2.50. The maximum Gasteiger partial charge on any atom is 0.137 e. The molecule has 0 saturated heterocycles. The Bertz CT molecular complexity index is 589. The lowest BCUT2D eigenvalue weighted by Crippen LogP contribution is -2.20. The van der Waals surface area contributed by atoms with Crippen molar-refractivity contribution in [3.05, 3.63) is 58.3 Å². The van der Waals surface area contributed by atoms with Gasteiger partial charge in [-0.05, 0) is 58.7 Å². The van der Waals surface area contributed by atoms with Gasteiger partial charge in [0.15, 0.2) is 0 Å². The molecule has 2 aromatic rings. The van der Waals surface area contributed by atoms with Gasteiger partial charge in [-0.2, -0.15) is 0 Å². The Kier molecular flexibility index (Phi) is 5.59. The second kappa shape index (κ2) is 7.43. The molecule has 2 rings (SSSR count). The summed E-state index contributed by atoms with van der Waals surface area (Å²) in [5, 5.41) is 3.30. The van der Waals surface area contributed by atoms with Crippen LogP contribution in [0.3, 0.4) is 0 Å². The molecule has 0 aliphatic heterocycles. The monoisotopic (exact) mass is 352 g/mol. The van der Waals surface area contributed by atoms with E-state index in [9.17, 15) is 4.39 Å². The van der Waals surface area contributed by atoms with E-state index in [4.69, 9.17) is 10.5 Å². The zero-order chi connectivity index (χ0) is 15.2. The lowest BCUT2D eigenvalue weighted by atomic mass is 10.1. The SMILES string of the molecule is CCOc1ccc(C(CN)Nc2ccc(F)c(Br)c2)cc1. The van der Waals surface area contributed by atoms with Crippen LogP contribution in [0.2, 0.25) is 0 Å². The van der Waals surface area contributed by atoms with Crippen molar-refractivity contribution >= 4 is 21.6 Å². The molecule has 0 bridgehead atoms. The molecule has 0 heterocycles. The van der Waals surface area contributed by atoms with Crippen LogP contribution in [-0.2, 0) is 0 Å². The summed E-state index contributed by atoms with van der Waals surface area (Å²) in [6.07, 6.45) is 0. The van der Waals surface area contributed by atoms with Gasteiger partial charge >= 0.3 is 0 Å². The van der Waals surface area contributed by atoms with Gasteiger partial charge in [-0.3, -0.25) is 0 Å². The van der Waals surface area contributed by atoms with Gasteiger partial charge in [-0.1, -0.05) is 12.1 Å². The highest BCUT2D eigenvalue weighted by atomic mass is 79.9. The Hall–Kier alpha value is -1.59. The Balaban J connectivity index is 2.13. The summed E-state index contributed by atoms with van der Waals surface area (Å²) in [7, 11) is 0. The van der Waals surface area contributed by atoms with Crippen molar-refractivity contribution in [1.82, 2.24) is 0 Å². The molecule has 3 N–H and O–H groups in total. The summed E-state index contributed by atoms with van der Waals surface area (Å²) < 4.78 is 19.1. The maximum atomic E-state index is 13.2. The molecule has 2 aromatic carbocycles. The highest BCUT2D eigenvalue weighted by Gasteiger charge is 2.10. The molecular formula is C16H18BrFN2O. The molecule has 0 saturated carbocycles. The molecule has 112 valence electrons. The number of nitrogens with one attached hydrogen (secondary N) is 1. The third kappa shape index (κ3) is 4.19. The van der Waals surface area contributed by atoms with Gasteiger partial charge in [0, 0.05) is 12.2 Å². The van der Waals surface area contributed by atoms with E-state index in [1.54, 1.807) is 12.1 Å². The van der Waals surface area contributed by atoms with E-state index in [1.807, 2.05) is 31.2 Å². The summed E-state index contributed by atoms with van der Waals surface area (Å²) in [4.78, 5) is 0. The smallest absolute Gasteiger partial charge is 0.137 e. The van der Waals surface area contributed by atoms with Crippen molar-refractivity contribution in [3.8, 4) is 5.75 Å². The molecule has 1 atom stereocenters. The first-order valence-electron chi connectivity index (χ1n) is 6.78. The van der Waals surface area contributed by atoms with Crippen molar-refractivity contribution in [2.45, 2.75) is 13.0 Å². The van der Waals surface area contributed by atoms with Gasteiger partial charge in [0.25, 0.3) is 0 Å². The summed E-state index contributed by atoms with van der Waals surface area (Å²) in [6, 6.07) is 12.6. The Morgan fingerprint density at radius 1 is 1.24 bits per heavy atom. The van der Waals surface area contributed by atoms with Crippen molar-refractivity contribution in [1.29, 1.82) is 0 Å². The molecule has 0 aromatic heterocycles. The standard InChI is InChI=1S/C16H18BrFN2O/c1-2-21-13-6-3-11(4-7-13)16(10-19)20-12-5-8-15(18)14(17)9-12/h3-9,16,20H,2,10,19H2,1H3. The predicted octanol–water partition coefficient (Wildman–Crippen LogP) is 4.10. The fourth-order valence-electron chi connectivity index (χ4n) is 2.03. The van der Waals surface area contributed by atoms with Crippen LogP contribution in [0.1, 0.15) is 18.5 Å². The Morgan fingerprint density at radius 2 is 1.95 bits per heavy atom. The van der Waals surface area contributed by atoms with Crippen LogP contribution in [0.4, 0.5) is 10.1 Å². The van der Waals surface area contributed by atoms with E-state index < -0.39 is 0 Å². The van der Waals surface area contributed by atoms with Gasteiger partial charge < -0.3 is 15.8 Å². The fraction of sp³-hybridized carbons (Fsp3) is 0.250. The number of hydrogen-bond donors (Lipinski definition) is 2. The Morgan fingerprint density at radius 3 is 2.52 bits per heavy atom. The molecule has 0 spiro atoms. The van der Waals surface area contributed by atoms with E-state index in [0.29, 0.717) is 17.6 Å². The minimum Gasteiger partial charge on any atom is -0.494 e. The molecule has 21 heavy (non-hydrogen) atoms. The van der Waals surface area contributed by atoms with Crippen molar-refractivity contribution in [3.63, 3.8) is 0 Å². The number of hydrogen-bond acceptors (Lipinski definition) is 3. The lowest BCUT2D eigenvalue weighted by Gasteiger charge is -2.19. The molecule has 0 aliphatic rings. The van der Waals surface area contributed by atoms with Crippen LogP contribution in [0.25, 0.3) is 0 Å². The molecular weight excluding hydrogens is 335 g/mol.